The molecular formula is C8H13BO3. The van der Waals surface area contributed by atoms with Gasteiger partial charge in [-0.2, -0.15) is 0 Å². The van der Waals surface area contributed by atoms with Crippen LogP contribution in [-0.2, 0) is 11.3 Å². The summed E-state index contributed by atoms with van der Waals surface area (Å²) in [5.74, 6) is 0. The molecule has 0 fully saturated rings. The lowest BCUT2D eigenvalue weighted by Gasteiger charge is -1.99. The smallest absolute Gasteiger partial charge is 0.113 e. The van der Waals surface area contributed by atoms with Crippen molar-refractivity contribution in [2.75, 3.05) is 7.11 Å². The first-order valence-electron chi connectivity index (χ1n) is 3.16. The minimum Gasteiger partial charge on any atom is -0.412 e. The zero-order valence-electron chi connectivity index (χ0n) is 7.00. The van der Waals surface area contributed by atoms with E-state index < -0.39 is 0 Å². The van der Waals surface area contributed by atoms with Crippen LogP contribution in [0.25, 0.3) is 0 Å². The number of ether oxygens (including phenoxy) is 1. The summed E-state index contributed by atoms with van der Waals surface area (Å²) >= 11 is 0. The van der Waals surface area contributed by atoms with Gasteiger partial charge in [-0.15, -0.1) is 0 Å². The Morgan fingerprint density at radius 2 is 2.00 bits per heavy atom. The molecular weight excluding hydrogens is 155 g/mol. The molecule has 1 rings (SSSR count). The molecule has 0 atom stereocenters. The van der Waals surface area contributed by atoms with Crippen LogP contribution in [0, 0.1) is 0 Å². The summed E-state index contributed by atoms with van der Waals surface area (Å²) in [5, 5.41) is 0. The van der Waals surface area contributed by atoms with Crippen molar-refractivity contribution in [1.82, 2.24) is 0 Å². The molecule has 0 aromatic heterocycles. The standard InChI is InChI=1S/C8H9BO.2H2O/c1-10-6-7-3-2-4-8(9)5-7;;/h2-5H,6H2,1H3;2*1H2. The van der Waals surface area contributed by atoms with Crippen LogP contribution in [0.15, 0.2) is 24.3 Å². The van der Waals surface area contributed by atoms with Crippen LogP contribution >= 0.6 is 0 Å². The SMILES string of the molecule is O.O.[B]c1cccc(COC)c1. The molecule has 0 spiro atoms. The summed E-state index contributed by atoms with van der Waals surface area (Å²) in [4.78, 5) is 0. The first-order chi connectivity index (χ1) is 4.83. The molecule has 2 radical (unpaired) electrons. The van der Waals surface area contributed by atoms with Gasteiger partial charge in [0.2, 0.25) is 0 Å². The van der Waals surface area contributed by atoms with Crippen LogP contribution < -0.4 is 5.46 Å². The van der Waals surface area contributed by atoms with E-state index in [1.54, 1.807) is 7.11 Å². The van der Waals surface area contributed by atoms with Gasteiger partial charge in [-0.3, -0.25) is 0 Å². The second kappa shape index (κ2) is 6.85. The van der Waals surface area contributed by atoms with Crippen molar-refractivity contribution in [1.29, 1.82) is 0 Å². The van der Waals surface area contributed by atoms with Crippen molar-refractivity contribution >= 4 is 13.3 Å². The van der Waals surface area contributed by atoms with Crippen LogP contribution in [0.3, 0.4) is 0 Å². The van der Waals surface area contributed by atoms with E-state index in [-0.39, 0.29) is 11.0 Å². The van der Waals surface area contributed by atoms with Crippen LogP contribution in [0.2, 0.25) is 0 Å². The fourth-order valence-corrected chi connectivity index (χ4v) is 0.850. The maximum atomic E-state index is 5.53. The molecule has 1 aromatic rings. The molecule has 0 unspecified atom stereocenters. The van der Waals surface area contributed by atoms with Crippen molar-refractivity contribution < 1.29 is 15.7 Å². The highest BCUT2D eigenvalue weighted by Gasteiger charge is 1.88. The number of benzene rings is 1. The second-order valence-corrected chi connectivity index (χ2v) is 2.18. The van der Waals surface area contributed by atoms with Crippen LogP contribution in [0.1, 0.15) is 5.56 Å². The Balaban J connectivity index is 0. The lowest BCUT2D eigenvalue weighted by molar-refractivity contribution is 0.185. The molecule has 0 saturated carbocycles. The number of hydrogen-bond acceptors (Lipinski definition) is 1. The summed E-state index contributed by atoms with van der Waals surface area (Å²) in [6.07, 6.45) is 0. The van der Waals surface area contributed by atoms with Gasteiger partial charge in [0.05, 0.1) is 6.61 Å². The molecule has 4 heteroatoms. The molecule has 0 amide bonds. The van der Waals surface area contributed by atoms with Gasteiger partial charge in [-0.1, -0.05) is 29.7 Å². The topological polar surface area (TPSA) is 72.2 Å². The highest BCUT2D eigenvalue weighted by atomic mass is 16.5. The highest BCUT2D eigenvalue weighted by molar-refractivity contribution is 6.32. The Bertz CT molecular complexity index is 215. The van der Waals surface area contributed by atoms with Crippen LogP contribution in [0.5, 0.6) is 0 Å². The van der Waals surface area contributed by atoms with Gasteiger partial charge in [0.15, 0.2) is 0 Å². The molecule has 12 heavy (non-hydrogen) atoms. The molecule has 0 aliphatic rings. The normalized spacial score (nSPS) is 8.08. The Morgan fingerprint density at radius 1 is 1.33 bits per heavy atom. The lowest BCUT2D eigenvalue weighted by Crippen LogP contribution is -2.02. The summed E-state index contributed by atoms with van der Waals surface area (Å²) in [6.45, 7) is 0.630. The number of hydrogen-bond donors (Lipinski definition) is 0. The zero-order chi connectivity index (χ0) is 7.40. The van der Waals surface area contributed by atoms with E-state index >= 15 is 0 Å². The van der Waals surface area contributed by atoms with Crippen molar-refractivity contribution in [2.45, 2.75) is 6.61 Å². The van der Waals surface area contributed by atoms with Gasteiger partial charge in [0.25, 0.3) is 0 Å². The summed E-state index contributed by atoms with van der Waals surface area (Å²) in [5.41, 5.74) is 1.90. The number of rotatable bonds is 2. The molecule has 0 aliphatic heterocycles. The second-order valence-electron chi connectivity index (χ2n) is 2.18. The van der Waals surface area contributed by atoms with Crippen LogP contribution in [-0.4, -0.2) is 25.9 Å². The summed E-state index contributed by atoms with van der Waals surface area (Å²) in [7, 11) is 7.20. The van der Waals surface area contributed by atoms with Gasteiger partial charge >= 0.3 is 0 Å². The molecule has 0 bridgehead atoms. The van der Waals surface area contributed by atoms with E-state index in [1.165, 1.54) is 0 Å². The fraction of sp³-hybridized carbons (Fsp3) is 0.250. The Kier molecular flexibility index (Phi) is 7.84. The third-order valence-electron chi connectivity index (χ3n) is 1.26. The monoisotopic (exact) mass is 168 g/mol. The average Bonchev–Trinajstić information content (AvgIpc) is 1.88. The van der Waals surface area contributed by atoms with E-state index in [9.17, 15) is 0 Å². The zero-order valence-corrected chi connectivity index (χ0v) is 7.00. The Morgan fingerprint density at radius 3 is 2.50 bits per heavy atom. The largest absolute Gasteiger partial charge is 0.412 e. The lowest BCUT2D eigenvalue weighted by atomic mass is 9.95. The number of methoxy groups -OCH3 is 1. The molecule has 3 nitrogen and oxygen atoms in total. The van der Waals surface area contributed by atoms with E-state index in [1.807, 2.05) is 24.3 Å². The minimum absolute atomic E-state index is 0. The fourth-order valence-electron chi connectivity index (χ4n) is 0.850. The third kappa shape index (κ3) is 4.13. The maximum absolute atomic E-state index is 5.53. The van der Waals surface area contributed by atoms with E-state index in [4.69, 9.17) is 12.6 Å². The van der Waals surface area contributed by atoms with Crippen molar-refractivity contribution in [3.05, 3.63) is 29.8 Å². The van der Waals surface area contributed by atoms with E-state index in [0.29, 0.717) is 6.61 Å². The van der Waals surface area contributed by atoms with E-state index in [2.05, 4.69) is 0 Å². The predicted molar refractivity (Wildman–Crippen MR) is 49.8 cm³/mol. The van der Waals surface area contributed by atoms with Crippen molar-refractivity contribution in [3.63, 3.8) is 0 Å². The van der Waals surface area contributed by atoms with E-state index in [0.717, 1.165) is 11.0 Å². The first-order valence-corrected chi connectivity index (χ1v) is 3.16. The molecule has 0 saturated heterocycles. The van der Waals surface area contributed by atoms with Gasteiger partial charge < -0.3 is 15.7 Å². The molecule has 66 valence electrons. The van der Waals surface area contributed by atoms with Crippen LogP contribution in [0.4, 0.5) is 0 Å². The first kappa shape index (κ1) is 13.7. The summed E-state index contributed by atoms with van der Waals surface area (Å²) < 4.78 is 4.93. The third-order valence-corrected chi connectivity index (χ3v) is 1.26. The predicted octanol–water partition coefficient (Wildman–Crippen LogP) is -1.02. The Hall–Kier alpha value is -0.835. The van der Waals surface area contributed by atoms with Gasteiger partial charge in [-0.05, 0) is 5.56 Å². The van der Waals surface area contributed by atoms with Gasteiger partial charge in [0, 0.05) is 7.11 Å². The average molecular weight is 168 g/mol. The maximum Gasteiger partial charge on any atom is 0.113 e. The van der Waals surface area contributed by atoms with Crippen molar-refractivity contribution in [3.8, 4) is 0 Å². The summed E-state index contributed by atoms with van der Waals surface area (Å²) in [6, 6.07) is 7.67. The quantitative estimate of drug-likeness (QED) is 0.520. The molecule has 4 N–H and O–H groups in total. The van der Waals surface area contributed by atoms with Gasteiger partial charge in [0.1, 0.15) is 7.85 Å². The Labute approximate surface area is 73.4 Å². The highest BCUT2D eigenvalue weighted by Crippen LogP contribution is 1.96. The molecule has 1 aromatic carbocycles. The molecule has 0 aliphatic carbocycles. The minimum atomic E-state index is 0. The van der Waals surface area contributed by atoms with Crippen molar-refractivity contribution in [2.24, 2.45) is 0 Å². The van der Waals surface area contributed by atoms with Gasteiger partial charge in [-0.25, -0.2) is 0 Å². The molecule has 0 heterocycles.